The Labute approximate surface area is 138 Å². The van der Waals surface area contributed by atoms with Gasteiger partial charge in [-0.3, -0.25) is 14.5 Å². The minimum absolute atomic E-state index is 0.211. The summed E-state index contributed by atoms with van der Waals surface area (Å²) in [4.78, 5) is 37.1. The highest BCUT2D eigenvalue weighted by atomic mass is 16.3. The summed E-state index contributed by atoms with van der Waals surface area (Å²) in [6.07, 6.45) is 1.91. The van der Waals surface area contributed by atoms with E-state index in [9.17, 15) is 14.4 Å². The van der Waals surface area contributed by atoms with Crippen molar-refractivity contribution >= 4 is 17.8 Å². The average Bonchev–Trinajstić information content (AvgIpc) is 3.18. The molecule has 7 heteroatoms. The van der Waals surface area contributed by atoms with Gasteiger partial charge in [-0.05, 0) is 17.7 Å². The second kappa shape index (κ2) is 6.99. The van der Waals surface area contributed by atoms with Gasteiger partial charge in [0.05, 0.1) is 12.8 Å². The maximum atomic E-state index is 12.3. The van der Waals surface area contributed by atoms with E-state index in [2.05, 4.69) is 10.6 Å². The SMILES string of the molecule is O=C(CN1C(=O)NC(Cc2ccccc2)C1=O)NCc1ccco1. The molecule has 2 heterocycles. The van der Waals surface area contributed by atoms with E-state index in [1.807, 2.05) is 30.3 Å². The van der Waals surface area contributed by atoms with Gasteiger partial charge in [0.15, 0.2) is 0 Å². The van der Waals surface area contributed by atoms with Gasteiger partial charge in [0.1, 0.15) is 18.3 Å². The van der Waals surface area contributed by atoms with E-state index < -0.39 is 23.9 Å². The highest BCUT2D eigenvalue weighted by molar-refractivity contribution is 6.06. The molecule has 1 aromatic heterocycles. The monoisotopic (exact) mass is 327 g/mol. The summed E-state index contributed by atoms with van der Waals surface area (Å²) in [5.74, 6) is -0.213. The minimum atomic E-state index is -0.641. The van der Waals surface area contributed by atoms with Crippen LogP contribution < -0.4 is 10.6 Å². The molecule has 1 aliphatic rings. The van der Waals surface area contributed by atoms with Gasteiger partial charge in [0.25, 0.3) is 5.91 Å². The largest absolute Gasteiger partial charge is 0.467 e. The summed E-state index contributed by atoms with van der Waals surface area (Å²) < 4.78 is 5.11. The second-order valence-electron chi connectivity index (χ2n) is 5.47. The van der Waals surface area contributed by atoms with Crippen molar-refractivity contribution < 1.29 is 18.8 Å². The molecular weight excluding hydrogens is 310 g/mol. The molecule has 3 rings (SSSR count). The summed E-state index contributed by atoms with van der Waals surface area (Å²) in [7, 11) is 0. The lowest BCUT2D eigenvalue weighted by Crippen LogP contribution is -2.41. The number of carbonyl (C=O) groups excluding carboxylic acids is 3. The molecular formula is C17H17N3O4. The number of imide groups is 1. The Hall–Kier alpha value is -3.09. The maximum absolute atomic E-state index is 12.3. The summed E-state index contributed by atoms with van der Waals surface area (Å²) in [6.45, 7) is -0.0976. The fraction of sp³-hybridized carbons (Fsp3) is 0.235. The fourth-order valence-corrected chi connectivity index (χ4v) is 2.51. The first kappa shape index (κ1) is 15.8. The molecule has 2 aromatic rings. The van der Waals surface area contributed by atoms with E-state index in [-0.39, 0.29) is 13.1 Å². The second-order valence-corrected chi connectivity index (χ2v) is 5.47. The fourth-order valence-electron chi connectivity index (χ4n) is 2.51. The van der Waals surface area contributed by atoms with Crippen molar-refractivity contribution in [1.29, 1.82) is 0 Å². The Morgan fingerprint density at radius 1 is 1.17 bits per heavy atom. The highest BCUT2D eigenvalue weighted by Gasteiger charge is 2.38. The van der Waals surface area contributed by atoms with Crippen molar-refractivity contribution in [2.75, 3.05) is 6.54 Å². The lowest BCUT2D eigenvalue weighted by molar-refractivity contribution is -0.132. The van der Waals surface area contributed by atoms with Crippen molar-refractivity contribution in [3.63, 3.8) is 0 Å². The average molecular weight is 327 g/mol. The normalized spacial score (nSPS) is 17.0. The van der Waals surface area contributed by atoms with E-state index in [1.165, 1.54) is 6.26 Å². The predicted octanol–water partition coefficient (Wildman–Crippen LogP) is 1.06. The smallest absolute Gasteiger partial charge is 0.325 e. The third-order valence-electron chi connectivity index (χ3n) is 3.73. The van der Waals surface area contributed by atoms with Crippen LogP contribution in [-0.2, 0) is 22.6 Å². The number of nitrogens with zero attached hydrogens (tertiary/aromatic N) is 1. The van der Waals surface area contributed by atoms with Crippen LogP contribution in [0.25, 0.3) is 0 Å². The molecule has 1 aromatic carbocycles. The van der Waals surface area contributed by atoms with Gasteiger partial charge in [0, 0.05) is 6.42 Å². The van der Waals surface area contributed by atoms with E-state index in [1.54, 1.807) is 12.1 Å². The molecule has 24 heavy (non-hydrogen) atoms. The van der Waals surface area contributed by atoms with Crippen molar-refractivity contribution in [2.24, 2.45) is 0 Å². The Kier molecular flexibility index (Phi) is 4.60. The van der Waals surface area contributed by atoms with Crippen LogP contribution >= 0.6 is 0 Å². The number of hydrogen-bond acceptors (Lipinski definition) is 4. The zero-order chi connectivity index (χ0) is 16.9. The number of carbonyl (C=O) groups is 3. The van der Waals surface area contributed by atoms with Crippen LogP contribution in [0.4, 0.5) is 4.79 Å². The first-order valence-corrected chi connectivity index (χ1v) is 7.58. The molecule has 2 N–H and O–H groups in total. The predicted molar refractivity (Wildman–Crippen MR) is 84.7 cm³/mol. The van der Waals surface area contributed by atoms with Crippen LogP contribution in [-0.4, -0.2) is 35.3 Å². The molecule has 1 saturated heterocycles. The number of furan rings is 1. The lowest BCUT2D eigenvalue weighted by atomic mass is 10.1. The summed E-state index contributed by atoms with van der Waals surface area (Å²) >= 11 is 0. The Morgan fingerprint density at radius 2 is 1.96 bits per heavy atom. The molecule has 0 saturated carbocycles. The number of rotatable bonds is 6. The molecule has 1 aliphatic heterocycles. The van der Waals surface area contributed by atoms with Crippen LogP contribution in [0.2, 0.25) is 0 Å². The summed E-state index contributed by atoms with van der Waals surface area (Å²) in [6, 6.07) is 11.7. The maximum Gasteiger partial charge on any atom is 0.325 e. The molecule has 0 aliphatic carbocycles. The van der Waals surface area contributed by atoms with Crippen LogP contribution in [0.15, 0.2) is 53.1 Å². The molecule has 0 spiro atoms. The van der Waals surface area contributed by atoms with Crippen molar-refractivity contribution in [2.45, 2.75) is 19.0 Å². The highest BCUT2D eigenvalue weighted by Crippen LogP contribution is 2.12. The van der Waals surface area contributed by atoms with Gasteiger partial charge in [-0.15, -0.1) is 0 Å². The van der Waals surface area contributed by atoms with Crippen molar-refractivity contribution in [1.82, 2.24) is 15.5 Å². The zero-order valence-corrected chi connectivity index (χ0v) is 12.9. The standard InChI is InChI=1S/C17H17N3O4/c21-15(18-10-13-7-4-8-24-13)11-20-16(22)14(19-17(20)23)9-12-5-2-1-3-6-12/h1-8,14H,9-11H2,(H,18,21)(H,19,23). The molecule has 1 unspecified atom stereocenters. The molecule has 1 fully saturated rings. The molecule has 7 nitrogen and oxygen atoms in total. The molecule has 0 radical (unpaired) electrons. The number of amides is 4. The van der Waals surface area contributed by atoms with Gasteiger partial charge in [-0.1, -0.05) is 30.3 Å². The minimum Gasteiger partial charge on any atom is -0.467 e. The van der Waals surface area contributed by atoms with Crippen LogP contribution in [0.5, 0.6) is 0 Å². The summed E-state index contributed by atoms with van der Waals surface area (Å²) in [5, 5.41) is 5.23. The van der Waals surface area contributed by atoms with Gasteiger partial charge in [0.2, 0.25) is 5.91 Å². The Balaban J connectivity index is 1.55. The summed E-state index contributed by atoms with van der Waals surface area (Å²) in [5.41, 5.74) is 0.945. The van der Waals surface area contributed by atoms with Crippen LogP contribution in [0, 0.1) is 0 Å². The first-order chi connectivity index (χ1) is 11.6. The molecule has 4 amide bonds. The molecule has 1 atom stereocenters. The Bertz CT molecular complexity index is 728. The van der Waals surface area contributed by atoms with Gasteiger partial charge in [-0.2, -0.15) is 0 Å². The molecule has 124 valence electrons. The van der Waals surface area contributed by atoms with Gasteiger partial charge >= 0.3 is 6.03 Å². The van der Waals surface area contributed by atoms with Crippen molar-refractivity contribution in [3.8, 4) is 0 Å². The third kappa shape index (κ3) is 3.62. The lowest BCUT2D eigenvalue weighted by Gasteiger charge is -2.12. The van der Waals surface area contributed by atoms with Gasteiger partial charge < -0.3 is 15.1 Å². The van der Waals surface area contributed by atoms with E-state index in [4.69, 9.17) is 4.42 Å². The topological polar surface area (TPSA) is 91.7 Å². The quantitative estimate of drug-likeness (QED) is 0.776. The van der Waals surface area contributed by atoms with Crippen LogP contribution in [0.3, 0.4) is 0 Å². The third-order valence-corrected chi connectivity index (χ3v) is 3.73. The molecule has 0 bridgehead atoms. The van der Waals surface area contributed by atoms with Crippen molar-refractivity contribution in [3.05, 3.63) is 60.1 Å². The number of benzene rings is 1. The first-order valence-electron chi connectivity index (χ1n) is 7.58. The Morgan fingerprint density at radius 3 is 2.67 bits per heavy atom. The zero-order valence-electron chi connectivity index (χ0n) is 12.9. The van der Waals surface area contributed by atoms with E-state index >= 15 is 0 Å². The van der Waals surface area contributed by atoms with E-state index in [0.29, 0.717) is 12.2 Å². The number of nitrogens with one attached hydrogen (secondary N) is 2. The van der Waals surface area contributed by atoms with Crippen LogP contribution in [0.1, 0.15) is 11.3 Å². The van der Waals surface area contributed by atoms with E-state index in [0.717, 1.165) is 10.5 Å². The van der Waals surface area contributed by atoms with Gasteiger partial charge in [-0.25, -0.2) is 4.79 Å². The number of urea groups is 1. The number of hydrogen-bond donors (Lipinski definition) is 2.